The van der Waals surface area contributed by atoms with Gasteiger partial charge in [-0.2, -0.15) is 0 Å². The van der Waals surface area contributed by atoms with Gasteiger partial charge in [-0.3, -0.25) is 14.2 Å². The van der Waals surface area contributed by atoms with E-state index in [0.29, 0.717) is 11.6 Å². The molecule has 2 aromatic carbocycles. The summed E-state index contributed by atoms with van der Waals surface area (Å²) in [7, 11) is 0. The van der Waals surface area contributed by atoms with Gasteiger partial charge in [0, 0.05) is 30.2 Å². The summed E-state index contributed by atoms with van der Waals surface area (Å²) in [6, 6.07) is 15.3. The molecule has 1 aliphatic rings. The first-order valence-corrected chi connectivity index (χ1v) is 13.1. The van der Waals surface area contributed by atoms with E-state index in [2.05, 4.69) is 31.8 Å². The molecule has 0 aliphatic carbocycles. The molecule has 2 heterocycles. The molecule has 3 aromatic rings. The van der Waals surface area contributed by atoms with E-state index < -0.39 is 6.04 Å². The van der Waals surface area contributed by atoms with Crippen LogP contribution >= 0.6 is 11.8 Å². The second-order valence-electron chi connectivity index (χ2n) is 8.75. The summed E-state index contributed by atoms with van der Waals surface area (Å²) in [5, 5.41) is 14.6. The van der Waals surface area contributed by atoms with Crippen LogP contribution in [0, 0.1) is 6.92 Å². The van der Waals surface area contributed by atoms with E-state index >= 15 is 0 Å². The molecule has 9 heteroatoms. The van der Waals surface area contributed by atoms with Gasteiger partial charge in [-0.05, 0) is 56.5 Å². The Labute approximate surface area is 210 Å². The SMILES string of the molecule is CCCC(NC(=O)CSc1nncn1-c1ccc(C)cc1)C(=O)Nc1cccc(N2CCCC2)c1. The highest BCUT2D eigenvalue weighted by atomic mass is 32.2. The third-order valence-electron chi connectivity index (χ3n) is 5.97. The van der Waals surface area contributed by atoms with Crippen molar-refractivity contribution in [1.82, 2.24) is 20.1 Å². The molecule has 1 fully saturated rings. The maximum Gasteiger partial charge on any atom is 0.246 e. The lowest BCUT2D eigenvalue weighted by atomic mass is 10.1. The second-order valence-corrected chi connectivity index (χ2v) is 9.69. The molecule has 1 aromatic heterocycles. The van der Waals surface area contributed by atoms with Gasteiger partial charge < -0.3 is 15.5 Å². The highest BCUT2D eigenvalue weighted by Gasteiger charge is 2.21. The molecule has 8 nitrogen and oxygen atoms in total. The van der Waals surface area contributed by atoms with Crippen molar-refractivity contribution >= 4 is 35.0 Å². The predicted octanol–water partition coefficient (Wildman–Crippen LogP) is 4.19. The number of nitrogens with zero attached hydrogens (tertiary/aromatic N) is 4. The molecule has 184 valence electrons. The topological polar surface area (TPSA) is 92.1 Å². The minimum absolute atomic E-state index is 0.141. The van der Waals surface area contributed by atoms with Crippen LogP contribution in [0.15, 0.2) is 60.0 Å². The van der Waals surface area contributed by atoms with Gasteiger partial charge in [0.15, 0.2) is 5.16 Å². The minimum Gasteiger partial charge on any atom is -0.371 e. The maximum absolute atomic E-state index is 13.0. The van der Waals surface area contributed by atoms with Gasteiger partial charge in [-0.25, -0.2) is 0 Å². The van der Waals surface area contributed by atoms with E-state index in [1.54, 1.807) is 6.33 Å². The summed E-state index contributed by atoms with van der Waals surface area (Å²) in [5.41, 5.74) is 3.96. The van der Waals surface area contributed by atoms with Gasteiger partial charge in [0.05, 0.1) is 5.75 Å². The Kier molecular flexibility index (Phi) is 8.41. The van der Waals surface area contributed by atoms with Crippen molar-refractivity contribution in [3.63, 3.8) is 0 Å². The summed E-state index contributed by atoms with van der Waals surface area (Å²) in [4.78, 5) is 28.0. The number of hydrogen-bond donors (Lipinski definition) is 2. The van der Waals surface area contributed by atoms with Crippen molar-refractivity contribution in [1.29, 1.82) is 0 Å². The van der Waals surface area contributed by atoms with Crippen LogP contribution in [-0.2, 0) is 9.59 Å². The maximum atomic E-state index is 13.0. The zero-order valence-corrected chi connectivity index (χ0v) is 21.1. The van der Waals surface area contributed by atoms with Crippen molar-refractivity contribution in [2.24, 2.45) is 0 Å². The lowest BCUT2D eigenvalue weighted by Gasteiger charge is -2.20. The number of amides is 2. The molecule has 0 radical (unpaired) electrons. The molecule has 0 saturated carbocycles. The van der Waals surface area contributed by atoms with E-state index in [4.69, 9.17) is 0 Å². The van der Waals surface area contributed by atoms with Crippen LogP contribution in [0.4, 0.5) is 11.4 Å². The van der Waals surface area contributed by atoms with Crippen LogP contribution in [-0.4, -0.2) is 51.5 Å². The van der Waals surface area contributed by atoms with Crippen LogP contribution in [0.3, 0.4) is 0 Å². The van der Waals surface area contributed by atoms with E-state index in [-0.39, 0.29) is 17.6 Å². The number of aryl methyl sites for hydroxylation is 1. The number of thioether (sulfide) groups is 1. The third kappa shape index (κ3) is 6.63. The van der Waals surface area contributed by atoms with E-state index in [1.807, 2.05) is 60.9 Å². The molecular formula is C26H32N6O2S. The molecule has 2 amide bonds. The molecule has 4 rings (SSSR count). The highest BCUT2D eigenvalue weighted by Crippen LogP contribution is 2.24. The first kappa shape index (κ1) is 24.8. The van der Waals surface area contributed by atoms with Gasteiger partial charge in [-0.1, -0.05) is 48.9 Å². The first-order chi connectivity index (χ1) is 17.0. The van der Waals surface area contributed by atoms with Gasteiger partial charge in [0.2, 0.25) is 11.8 Å². The summed E-state index contributed by atoms with van der Waals surface area (Å²) >= 11 is 1.29. The third-order valence-corrected chi connectivity index (χ3v) is 6.92. The number of benzene rings is 2. The Balaban J connectivity index is 1.34. The van der Waals surface area contributed by atoms with E-state index in [0.717, 1.165) is 36.6 Å². The van der Waals surface area contributed by atoms with Gasteiger partial charge in [-0.15, -0.1) is 10.2 Å². The zero-order chi connectivity index (χ0) is 24.6. The van der Waals surface area contributed by atoms with Crippen molar-refractivity contribution in [2.75, 3.05) is 29.1 Å². The van der Waals surface area contributed by atoms with E-state index in [1.165, 1.54) is 30.2 Å². The van der Waals surface area contributed by atoms with Crippen molar-refractivity contribution in [3.8, 4) is 5.69 Å². The molecule has 1 atom stereocenters. The monoisotopic (exact) mass is 492 g/mol. The van der Waals surface area contributed by atoms with Gasteiger partial charge in [0.1, 0.15) is 12.4 Å². The molecule has 1 unspecified atom stereocenters. The normalized spacial score (nSPS) is 14.1. The fourth-order valence-corrected chi connectivity index (χ4v) is 4.85. The minimum atomic E-state index is -0.599. The summed E-state index contributed by atoms with van der Waals surface area (Å²) in [6.45, 7) is 6.12. The number of nitrogens with one attached hydrogen (secondary N) is 2. The number of carbonyl (C=O) groups is 2. The molecular weight excluding hydrogens is 460 g/mol. The number of rotatable bonds is 10. The Hall–Kier alpha value is -3.33. The average Bonchev–Trinajstić information content (AvgIpc) is 3.56. The van der Waals surface area contributed by atoms with Crippen LogP contribution < -0.4 is 15.5 Å². The molecule has 0 bridgehead atoms. The fourth-order valence-electron chi connectivity index (χ4n) is 4.11. The van der Waals surface area contributed by atoms with E-state index in [9.17, 15) is 9.59 Å². The molecule has 35 heavy (non-hydrogen) atoms. The summed E-state index contributed by atoms with van der Waals surface area (Å²) in [6.07, 6.45) is 5.37. The Morgan fingerprint density at radius 3 is 2.60 bits per heavy atom. The van der Waals surface area contributed by atoms with Crippen molar-refractivity contribution in [3.05, 3.63) is 60.4 Å². The molecule has 1 saturated heterocycles. The quantitative estimate of drug-likeness (QED) is 0.412. The number of carbonyl (C=O) groups excluding carboxylic acids is 2. The van der Waals surface area contributed by atoms with Crippen LogP contribution in [0.1, 0.15) is 38.2 Å². The van der Waals surface area contributed by atoms with Crippen LogP contribution in [0.2, 0.25) is 0 Å². The van der Waals surface area contributed by atoms with Gasteiger partial charge in [0.25, 0.3) is 0 Å². The average molecular weight is 493 g/mol. The number of hydrogen-bond acceptors (Lipinski definition) is 6. The van der Waals surface area contributed by atoms with Crippen LogP contribution in [0.25, 0.3) is 5.69 Å². The predicted molar refractivity (Wildman–Crippen MR) is 140 cm³/mol. The Bertz CT molecular complexity index is 1140. The van der Waals surface area contributed by atoms with Crippen molar-refractivity contribution < 1.29 is 9.59 Å². The lowest BCUT2D eigenvalue weighted by Crippen LogP contribution is -2.44. The zero-order valence-electron chi connectivity index (χ0n) is 20.2. The number of aromatic nitrogens is 3. The largest absolute Gasteiger partial charge is 0.371 e. The first-order valence-electron chi connectivity index (χ1n) is 12.1. The standard InChI is InChI=1S/C26H32N6O2S/c1-3-7-23(25(34)28-20-8-6-9-22(16-20)31-14-4-5-15-31)29-24(33)17-35-26-30-27-18-32(26)21-12-10-19(2)11-13-21/h6,8-13,16,18,23H,3-5,7,14-15,17H2,1-2H3,(H,28,34)(H,29,33). The molecule has 0 spiro atoms. The highest BCUT2D eigenvalue weighted by molar-refractivity contribution is 7.99. The number of anilines is 2. The Morgan fingerprint density at radius 1 is 1.09 bits per heavy atom. The molecule has 1 aliphatic heterocycles. The van der Waals surface area contributed by atoms with Crippen molar-refractivity contribution in [2.45, 2.75) is 50.7 Å². The molecule has 2 N–H and O–H groups in total. The van der Waals surface area contributed by atoms with Crippen LogP contribution in [0.5, 0.6) is 0 Å². The fraction of sp³-hybridized carbons (Fsp3) is 0.385. The Morgan fingerprint density at radius 2 is 1.86 bits per heavy atom. The second kappa shape index (κ2) is 11.9. The summed E-state index contributed by atoms with van der Waals surface area (Å²) in [5.74, 6) is -0.276. The van der Waals surface area contributed by atoms with Gasteiger partial charge >= 0.3 is 0 Å². The lowest BCUT2D eigenvalue weighted by molar-refractivity contribution is -0.125. The smallest absolute Gasteiger partial charge is 0.246 e. The summed E-state index contributed by atoms with van der Waals surface area (Å²) < 4.78 is 1.85.